The van der Waals surface area contributed by atoms with Crippen LogP contribution in [0, 0.1) is 0 Å². The van der Waals surface area contributed by atoms with Crippen LogP contribution in [-0.4, -0.2) is 13.3 Å². The maximum absolute atomic E-state index is 10.6. The van der Waals surface area contributed by atoms with Crippen LogP contribution in [-0.2, 0) is 10.3 Å². The van der Waals surface area contributed by atoms with Crippen LogP contribution in [0.5, 0.6) is 0 Å². The Bertz CT molecular complexity index is 401. The minimum absolute atomic E-state index is 0.456. The van der Waals surface area contributed by atoms with Gasteiger partial charge in [-0.1, -0.05) is 37.6 Å². The predicted octanol–water partition coefficient (Wildman–Crippen LogP) is 2.28. The van der Waals surface area contributed by atoms with E-state index in [4.69, 9.17) is 0 Å². The summed E-state index contributed by atoms with van der Waals surface area (Å²) < 4.78 is 21.2. The Balaban J connectivity index is 2.64. The van der Waals surface area contributed by atoms with Crippen molar-refractivity contribution in [1.29, 1.82) is 0 Å². The fourth-order valence-electron chi connectivity index (χ4n) is 1.18. The van der Waals surface area contributed by atoms with Gasteiger partial charge in [0.15, 0.2) is 0 Å². The summed E-state index contributed by atoms with van der Waals surface area (Å²) in [4.78, 5) is 0.456. The molecule has 76 valence electrons. The highest BCUT2D eigenvalue weighted by Gasteiger charge is 2.00. The van der Waals surface area contributed by atoms with Crippen molar-refractivity contribution in [3.8, 4) is 0 Å². The molecule has 0 aromatic rings. The molecular formula is C11H14O2S. The maximum Gasteiger partial charge on any atom is 0.217 e. The molecule has 0 saturated heterocycles. The lowest BCUT2D eigenvalue weighted by molar-refractivity contribution is 0.627. The molecular weight excluding hydrogens is 196 g/mol. The van der Waals surface area contributed by atoms with Crippen LogP contribution >= 0.6 is 0 Å². The van der Waals surface area contributed by atoms with Crippen molar-refractivity contribution in [2.75, 3.05) is 0 Å². The van der Waals surface area contributed by atoms with Crippen LogP contribution < -0.4 is 0 Å². The summed E-state index contributed by atoms with van der Waals surface area (Å²) in [5.74, 6) is 0. The Morgan fingerprint density at radius 2 is 2.21 bits per heavy atom. The largest absolute Gasteiger partial charge is 0.217 e. The minimum atomic E-state index is -2.06. The molecule has 3 heteroatoms. The summed E-state index contributed by atoms with van der Waals surface area (Å²) in [5, 5.41) is 0. The first-order valence-electron chi connectivity index (χ1n) is 4.74. The lowest BCUT2D eigenvalue weighted by Gasteiger charge is -2.01. The zero-order valence-electron chi connectivity index (χ0n) is 8.23. The molecule has 0 fully saturated rings. The van der Waals surface area contributed by atoms with Crippen molar-refractivity contribution in [2.45, 2.75) is 26.2 Å². The second-order valence-electron chi connectivity index (χ2n) is 3.13. The lowest BCUT2D eigenvalue weighted by atomic mass is 10.1. The van der Waals surface area contributed by atoms with Gasteiger partial charge in [-0.3, -0.25) is 0 Å². The van der Waals surface area contributed by atoms with Gasteiger partial charge in [-0.2, -0.15) is 8.42 Å². The lowest BCUT2D eigenvalue weighted by Crippen LogP contribution is -1.97. The van der Waals surface area contributed by atoms with E-state index in [9.17, 15) is 8.42 Å². The molecule has 0 aromatic carbocycles. The molecule has 0 unspecified atom stereocenters. The van der Waals surface area contributed by atoms with Crippen molar-refractivity contribution in [1.82, 2.24) is 0 Å². The van der Waals surface area contributed by atoms with Crippen molar-refractivity contribution in [3.05, 3.63) is 36.0 Å². The van der Waals surface area contributed by atoms with Crippen molar-refractivity contribution in [3.63, 3.8) is 0 Å². The quantitative estimate of drug-likeness (QED) is 0.670. The average molecular weight is 210 g/mol. The molecule has 14 heavy (non-hydrogen) atoms. The van der Waals surface area contributed by atoms with Gasteiger partial charge in [-0.15, -0.1) is 0 Å². The molecule has 1 aliphatic carbocycles. The van der Waals surface area contributed by atoms with Crippen molar-refractivity contribution >= 4 is 15.2 Å². The van der Waals surface area contributed by atoms with E-state index in [1.165, 1.54) is 0 Å². The molecule has 0 aliphatic heterocycles. The minimum Gasteiger partial charge on any atom is -0.184 e. The molecule has 0 radical (unpaired) electrons. The molecule has 0 atom stereocenters. The van der Waals surface area contributed by atoms with E-state index in [-0.39, 0.29) is 0 Å². The highest BCUT2D eigenvalue weighted by atomic mass is 32.2. The molecule has 0 amide bonds. The van der Waals surface area contributed by atoms with E-state index >= 15 is 0 Å². The topological polar surface area (TPSA) is 34.1 Å². The fourth-order valence-corrected chi connectivity index (χ4v) is 1.58. The first-order valence-corrected chi connectivity index (χ1v) is 5.81. The van der Waals surface area contributed by atoms with E-state index in [1.54, 1.807) is 6.08 Å². The third-order valence-electron chi connectivity index (χ3n) is 1.98. The smallest absolute Gasteiger partial charge is 0.184 e. The second-order valence-corrected chi connectivity index (χ2v) is 4.13. The normalized spacial score (nSPS) is 16.1. The molecule has 2 nitrogen and oxygen atoms in total. The molecule has 1 rings (SSSR count). The third-order valence-corrected chi connectivity index (χ3v) is 2.71. The van der Waals surface area contributed by atoms with Gasteiger partial charge in [0.25, 0.3) is 0 Å². The Hall–Kier alpha value is -1.09. The summed E-state index contributed by atoms with van der Waals surface area (Å²) in [6.07, 6.45) is 12.3. The van der Waals surface area contributed by atoms with Crippen LogP contribution in [0.15, 0.2) is 36.0 Å². The van der Waals surface area contributed by atoms with Crippen molar-refractivity contribution in [2.24, 2.45) is 0 Å². The number of unbranched alkanes of at least 4 members (excludes halogenated alkanes) is 1. The SMILES string of the molecule is CCCC=CC1=CCC(=S(=O)=O)C=C1. The highest BCUT2D eigenvalue weighted by Crippen LogP contribution is 2.09. The van der Waals surface area contributed by atoms with Gasteiger partial charge in [0, 0.05) is 6.42 Å². The van der Waals surface area contributed by atoms with E-state index < -0.39 is 10.3 Å². The van der Waals surface area contributed by atoms with Gasteiger partial charge >= 0.3 is 0 Å². The summed E-state index contributed by atoms with van der Waals surface area (Å²) >= 11 is 0. The van der Waals surface area contributed by atoms with E-state index in [1.807, 2.05) is 18.2 Å². The predicted molar refractivity (Wildman–Crippen MR) is 59.8 cm³/mol. The van der Waals surface area contributed by atoms with Crippen LogP contribution in [0.3, 0.4) is 0 Å². The monoisotopic (exact) mass is 210 g/mol. The first kappa shape index (κ1) is 11.0. The van der Waals surface area contributed by atoms with Crippen molar-refractivity contribution < 1.29 is 8.42 Å². The van der Waals surface area contributed by atoms with Gasteiger partial charge in [-0.25, -0.2) is 0 Å². The number of rotatable bonds is 3. The average Bonchev–Trinajstić information content (AvgIpc) is 2.19. The molecule has 0 saturated carbocycles. The molecule has 1 aliphatic rings. The van der Waals surface area contributed by atoms with Gasteiger partial charge < -0.3 is 0 Å². The molecule has 0 bridgehead atoms. The zero-order valence-corrected chi connectivity index (χ0v) is 9.05. The second kappa shape index (κ2) is 5.60. The fraction of sp³-hybridized carbons (Fsp3) is 0.364. The van der Waals surface area contributed by atoms with Gasteiger partial charge in [0.2, 0.25) is 10.3 Å². The van der Waals surface area contributed by atoms with Crippen LogP contribution in [0.1, 0.15) is 26.2 Å². The number of allylic oxidation sites excluding steroid dienone is 6. The van der Waals surface area contributed by atoms with Gasteiger partial charge in [-0.05, 0) is 18.1 Å². The Morgan fingerprint density at radius 1 is 1.43 bits per heavy atom. The van der Waals surface area contributed by atoms with E-state index in [0.717, 1.165) is 18.4 Å². The zero-order chi connectivity index (χ0) is 10.4. The van der Waals surface area contributed by atoms with Crippen LogP contribution in [0.2, 0.25) is 0 Å². The van der Waals surface area contributed by atoms with E-state index in [0.29, 0.717) is 11.3 Å². The molecule has 0 aromatic heterocycles. The molecule has 0 heterocycles. The Labute approximate surface area is 86.2 Å². The number of hydrogen-bond donors (Lipinski definition) is 0. The summed E-state index contributed by atoms with van der Waals surface area (Å²) in [6.45, 7) is 2.13. The summed E-state index contributed by atoms with van der Waals surface area (Å²) in [6, 6.07) is 0. The van der Waals surface area contributed by atoms with Gasteiger partial charge in [0.1, 0.15) is 0 Å². The third kappa shape index (κ3) is 3.34. The molecule has 0 spiro atoms. The Morgan fingerprint density at radius 3 is 2.71 bits per heavy atom. The summed E-state index contributed by atoms with van der Waals surface area (Å²) in [7, 11) is -2.06. The van der Waals surface area contributed by atoms with E-state index in [2.05, 4.69) is 13.0 Å². The standard InChI is InChI=1S/C11H14O2S/c1-2-3-4-5-10-6-8-11(9-7-10)14(12)13/h4-8H,2-3,9H2,1H3. The van der Waals surface area contributed by atoms with Gasteiger partial charge in [0.05, 0.1) is 4.86 Å². The Kier molecular flexibility index (Phi) is 4.40. The summed E-state index contributed by atoms with van der Waals surface area (Å²) in [5.41, 5.74) is 1.09. The highest BCUT2D eigenvalue weighted by molar-refractivity contribution is 7.73. The van der Waals surface area contributed by atoms with Crippen LogP contribution in [0.4, 0.5) is 0 Å². The van der Waals surface area contributed by atoms with Crippen LogP contribution in [0.25, 0.3) is 0 Å². The first-order chi connectivity index (χ1) is 6.74. The maximum atomic E-state index is 10.6. The molecule has 0 N–H and O–H groups in total. The number of hydrogen-bond acceptors (Lipinski definition) is 2.